The van der Waals surface area contributed by atoms with Gasteiger partial charge < -0.3 is 19.5 Å². The highest BCUT2D eigenvalue weighted by atomic mass is 16.6. The maximum absolute atomic E-state index is 11.8. The molecule has 0 bridgehead atoms. The zero-order valence-corrected chi connectivity index (χ0v) is 11.3. The Bertz CT molecular complexity index is 306. The van der Waals surface area contributed by atoms with Gasteiger partial charge in [-0.15, -0.1) is 0 Å². The van der Waals surface area contributed by atoms with E-state index >= 15 is 0 Å². The van der Waals surface area contributed by atoms with Crippen molar-refractivity contribution in [1.82, 2.24) is 4.90 Å². The first-order valence-electron chi connectivity index (χ1n) is 5.62. The molecule has 0 radical (unpaired) electrons. The Morgan fingerprint density at radius 3 is 2.39 bits per heavy atom. The minimum Gasteiger partial charge on any atom is -0.478 e. The van der Waals surface area contributed by atoms with Crippen LogP contribution in [0.1, 0.15) is 20.8 Å². The summed E-state index contributed by atoms with van der Waals surface area (Å²) in [6.07, 6.45) is 1.89. The predicted molar refractivity (Wildman–Crippen MR) is 66.5 cm³/mol. The predicted octanol–water partition coefficient (Wildman–Crippen LogP) is 1.51. The second-order valence-electron chi connectivity index (χ2n) is 4.66. The monoisotopic (exact) mass is 259 g/mol. The number of amides is 1. The molecular weight excluding hydrogens is 238 g/mol. The van der Waals surface area contributed by atoms with Gasteiger partial charge in [0.25, 0.3) is 0 Å². The van der Waals surface area contributed by atoms with Gasteiger partial charge in [0.1, 0.15) is 5.60 Å². The summed E-state index contributed by atoms with van der Waals surface area (Å²) in [4.78, 5) is 23.5. The Balaban J connectivity index is 4.46. The average Bonchev–Trinajstić information content (AvgIpc) is 2.19. The van der Waals surface area contributed by atoms with Gasteiger partial charge in [-0.2, -0.15) is 0 Å². The molecule has 0 saturated carbocycles. The van der Waals surface area contributed by atoms with Crippen molar-refractivity contribution < 1.29 is 24.2 Å². The first kappa shape index (κ1) is 16.4. The lowest BCUT2D eigenvalue weighted by Gasteiger charge is -2.26. The van der Waals surface area contributed by atoms with E-state index in [1.165, 1.54) is 18.1 Å². The van der Waals surface area contributed by atoms with Gasteiger partial charge in [0.15, 0.2) is 0 Å². The quantitative estimate of drug-likeness (QED) is 0.732. The molecule has 0 rings (SSSR count). The van der Waals surface area contributed by atoms with Crippen molar-refractivity contribution >= 4 is 12.1 Å². The molecule has 0 unspecified atom stereocenters. The van der Waals surface area contributed by atoms with Crippen molar-refractivity contribution in [3.8, 4) is 0 Å². The van der Waals surface area contributed by atoms with Crippen LogP contribution in [-0.2, 0) is 14.3 Å². The smallest absolute Gasteiger partial charge is 0.410 e. The SMILES string of the molecule is COCCN(C/C=C/C(=O)O)C(=O)OC(C)(C)C. The number of carboxylic acid groups (broad SMARTS) is 1. The lowest BCUT2D eigenvalue weighted by Crippen LogP contribution is -2.38. The van der Waals surface area contributed by atoms with Crippen molar-refractivity contribution in [3.63, 3.8) is 0 Å². The lowest BCUT2D eigenvalue weighted by atomic mass is 10.2. The molecule has 0 aromatic heterocycles. The molecule has 0 aliphatic rings. The molecule has 104 valence electrons. The first-order chi connectivity index (χ1) is 8.26. The molecule has 6 heteroatoms. The summed E-state index contributed by atoms with van der Waals surface area (Å²) in [7, 11) is 1.53. The summed E-state index contributed by atoms with van der Waals surface area (Å²) in [5.74, 6) is -1.05. The van der Waals surface area contributed by atoms with Crippen molar-refractivity contribution in [1.29, 1.82) is 0 Å². The molecule has 0 atom stereocenters. The van der Waals surface area contributed by atoms with Gasteiger partial charge in [-0.3, -0.25) is 0 Å². The first-order valence-corrected chi connectivity index (χ1v) is 5.62. The van der Waals surface area contributed by atoms with E-state index in [9.17, 15) is 9.59 Å². The minimum atomic E-state index is -1.05. The highest BCUT2D eigenvalue weighted by Crippen LogP contribution is 2.09. The largest absolute Gasteiger partial charge is 0.478 e. The summed E-state index contributed by atoms with van der Waals surface area (Å²) < 4.78 is 10.1. The van der Waals surface area contributed by atoms with Gasteiger partial charge in [0.05, 0.1) is 6.61 Å². The van der Waals surface area contributed by atoms with Gasteiger partial charge in [-0.05, 0) is 20.8 Å². The van der Waals surface area contributed by atoms with E-state index in [0.29, 0.717) is 13.2 Å². The van der Waals surface area contributed by atoms with Gasteiger partial charge in [-0.25, -0.2) is 9.59 Å². The summed E-state index contributed by atoms with van der Waals surface area (Å²) in [6, 6.07) is 0. The molecule has 0 fully saturated rings. The highest BCUT2D eigenvalue weighted by Gasteiger charge is 2.21. The molecule has 0 aliphatic heterocycles. The molecular formula is C12H21NO5. The van der Waals surface area contributed by atoms with Crippen LogP contribution in [0.15, 0.2) is 12.2 Å². The van der Waals surface area contributed by atoms with Crippen LogP contribution in [0.5, 0.6) is 0 Å². The summed E-state index contributed by atoms with van der Waals surface area (Å²) in [6.45, 7) is 6.19. The van der Waals surface area contributed by atoms with E-state index in [0.717, 1.165) is 6.08 Å². The van der Waals surface area contributed by atoms with Gasteiger partial charge in [0.2, 0.25) is 0 Å². The van der Waals surface area contributed by atoms with E-state index in [-0.39, 0.29) is 6.54 Å². The highest BCUT2D eigenvalue weighted by molar-refractivity contribution is 5.79. The van der Waals surface area contributed by atoms with Crippen LogP contribution < -0.4 is 0 Å². The third kappa shape index (κ3) is 8.58. The van der Waals surface area contributed by atoms with Crippen LogP contribution in [-0.4, -0.2) is 54.5 Å². The molecule has 0 saturated heterocycles. The molecule has 1 N–H and O–H groups in total. The second-order valence-corrected chi connectivity index (χ2v) is 4.66. The Hall–Kier alpha value is -1.56. The molecule has 0 heterocycles. The van der Waals surface area contributed by atoms with E-state index in [2.05, 4.69) is 0 Å². The van der Waals surface area contributed by atoms with Crippen LogP contribution in [0.4, 0.5) is 4.79 Å². The fourth-order valence-electron chi connectivity index (χ4n) is 1.07. The number of carbonyl (C=O) groups excluding carboxylic acids is 1. The van der Waals surface area contributed by atoms with E-state index in [1.54, 1.807) is 20.8 Å². The van der Waals surface area contributed by atoms with Crippen LogP contribution in [0.2, 0.25) is 0 Å². The third-order valence-electron chi connectivity index (χ3n) is 1.80. The Kier molecular flexibility index (Phi) is 7.04. The normalized spacial score (nSPS) is 11.6. The Morgan fingerprint density at radius 1 is 1.33 bits per heavy atom. The molecule has 18 heavy (non-hydrogen) atoms. The number of ether oxygens (including phenoxy) is 2. The number of carboxylic acids is 1. The Morgan fingerprint density at radius 2 is 1.94 bits per heavy atom. The van der Waals surface area contributed by atoms with Crippen molar-refractivity contribution in [2.24, 2.45) is 0 Å². The molecule has 0 aliphatic carbocycles. The number of aliphatic carboxylic acids is 1. The zero-order valence-electron chi connectivity index (χ0n) is 11.3. The average molecular weight is 259 g/mol. The van der Waals surface area contributed by atoms with Gasteiger partial charge in [-0.1, -0.05) is 6.08 Å². The minimum absolute atomic E-state index is 0.171. The van der Waals surface area contributed by atoms with Crippen LogP contribution >= 0.6 is 0 Å². The van der Waals surface area contributed by atoms with E-state index < -0.39 is 17.7 Å². The number of hydrogen-bond donors (Lipinski definition) is 1. The van der Waals surface area contributed by atoms with E-state index in [1.807, 2.05) is 0 Å². The Labute approximate surface area is 107 Å². The molecule has 0 aromatic carbocycles. The summed E-state index contributed by atoms with van der Waals surface area (Å²) in [5, 5.41) is 8.48. The standard InChI is InChI=1S/C12H21NO5/c1-12(2,3)18-11(16)13(8-9-17-4)7-5-6-10(14)15/h5-6H,7-9H2,1-4H3,(H,14,15)/b6-5+. The van der Waals surface area contributed by atoms with Crippen molar-refractivity contribution in [2.45, 2.75) is 26.4 Å². The van der Waals surface area contributed by atoms with Crippen LogP contribution in [0, 0.1) is 0 Å². The lowest BCUT2D eigenvalue weighted by molar-refractivity contribution is -0.131. The van der Waals surface area contributed by atoms with Gasteiger partial charge in [0, 0.05) is 26.3 Å². The number of carbonyl (C=O) groups is 2. The van der Waals surface area contributed by atoms with Crippen LogP contribution in [0.25, 0.3) is 0 Å². The molecule has 6 nitrogen and oxygen atoms in total. The fraction of sp³-hybridized carbons (Fsp3) is 0.667. The van der Waals surface area contributed by atoms with Crippen molar-refractivity contribution in [3.05, 3.63) is 12.2 Å². The zero-order chi connectivity index (χ0) is 14.2. The fourth-order valence-corrected chi connectivity index (χ4v) is 1.07. The number of hydrogen-bond acceptors (Lipinski definition) is 4. The molecule has 1 amide bonds. The molecule has 0 spiro atoms. The van der Waals surface area contributed by atoms with Crippen LogP contribution in [0.3, 0.4) is 0 Å². The maximum Gasteiger partial charge on any atom is 0.410 e. The second kappa shape index (κ2) is 7.71. The number of nitrogens with zero attached hydrogens (tertiary/aromatic N) is 1. The third-order valence-corrected chi connectivity index (χ3v) is 1.80. The summed E-state index contributed by atoms with van der Waals surface area (Å²) in [5.41, 5.74) is -0.584. The topological polar surface area (TPSA) is 76.1 Å². The van der Waals surface area contributed by atoms with Gasteiger partial charge >= 0.3 is 12.1 Å². The number of methoxy groups -OCH3 is 1. The maximum atomic E-state index is 11.8. The molecule has 0 aromatic rings. The van der Waals surface area contributed by atoms with E-state index in [4.69, 9.17) is 14.6 Å². The number of rotatable bonds is 6. The van der Waals surface area contributed by atoms with Crippen molar-refractivity contribution in [2.75, 3.05) is 26.8 Å². The summed E-state index contributed by atoms with van der Waals surface area (Å²) >= 11 is 0.